The molecule has 176 valence electrons. The van der Waals surface area contributed by atoms with Crippen LogP contribution in [0, 0.1) is 11.3 Å². The van der Waals surface area contributed by atoms with Gasteiger partial charge in [0.15, 0.2) is 17.3 Å². The van der Waals surface area contributed by atoms with Crippen molar-refractivity contribution in [3.8, 4) is 6.07 Å². The highest BCUT2D eigenvalue weighted by atomic mass is 16.2. The average Bonchev–Trinajstić information content (AvgIpc) is 3.53. The lowest BCUT2D eigenvalue weighted by Crippen LogP contribution is -2.47. The van der Waals surface area contributed by atoms with Gasteiger partial charge in [-0.1, -0.05) is 6.07 Å². The molecule has 35 heavy (non-hydrogen) atoms. The molecule has 0 bridgehead atoms. The number of amides is 3. The second-order valence-electron chi connectivity index (χ2n) is 8.65. The molecule has 3 aliphatic rings. The number of nitrogens with zero attached hydrogens (tertiary/aromatic N) is 7. The highest BCUT2D eigenvalue weighted by molar-refractivity contribution is 6.14. The van der Waals surface area contributed by atoms with Crippen LogP contribution in [0.5, 0.6) is 0 Å². The molecular formula is C23H22N10O2. The number of rotatable bonds is 5. The molecule has 3 N–H and O–H groups in total. The van der Waals surface area contributed by atoms with Gasteiger partial charge in [0.1, 0.15) is 23.1 Å². The van der Waals surface area contributed by atoms with Gasteiger partial charge in [0.25, 0.3) is 5.91 Å². The Bertz CT molecular complexity index is 1400. The molecule has 2 saturated heterocycles. The highest BCUT2D eigenvalue weighted by Crippen LogP contribution is 2.33. The van der Waals surface area contributed by atoms with Gasteiger partial charge < -0.3 is 20.4 Å². The quantitative estimate of drug-likeness (QED) is 0.368. The molecule has 6 rings (SSSR count). The van der Waals surface area contributed by atoms with Crippen LogP contribution < -0.4 is 25.8 Å². The number of hydrogen-bond donors (Lipinski definition) is 3. The normalized spacial score (nSPS) is 19.1. The minimum atomic E-state index is -0.569. The van der Waals surface area contributed by atoms with Crippen molar-refractivity contribution in [3.63, 3.8) is 0 Å². The summed E-state index contributed by atoms with van der Waals surface area (Å²) >= 11 is 0. The van der Waals surface area contributed by atoms with Crippen molar-refractivity contribution in [3.05, 3.63) is 47.4 Å². The molecule has 3 aromatic heterocycles. The van der Waals surface area contributed by atoms with Crippen LogP contribution in [0.4, 0.5) is 22.2 Å². The number of fused-ring (bicyclic) bond motifs is 1. The molecule has 12 heteroatoms. The Labute approximate surface area is 200 Å². The number of nitriles is 1. The third kappa shape index (κ3) is 3.86. The van der Waals surface area contributed by atoms with Gasteiger partial charge in [-0.15, -0.1) is 0 Å². The number of carbonyl (C=O) groups is 2. The van der Waals surface area contributed by atoms with Gasteiger partial charge in [-0.05, 0) is 31.1 Å². The lowest BCUT2D eigenvalue weighted by atomic mass is 10.2. The number of imide groups is 1. The van der Waals surface area contributed by atoms with Gasteiger partial charge in [-0.25, -0.2) is 14.8 Å². The van der Waals surface area contributed by atoms with Gasteiger partial charge in [0, 0.05) is 44.0 Å². The molecule has 0 atom stereocenters. The first-order valence-electron chi connectivity index (χ1n) is 11.4. The lowest BCUT2D eigenvalue weighted by Gasteiger charge is -2.36. The molecular weight excluding hydrogens is 448 g/mol. The van der Waals surface area contributed by atoms with E-state index in [0.717, 1.165) is 31.7 Å². The van der Waals surface area contributed by atoms with Crippen molar-refractivity contribution in [2.24, 2.45) is 0 Å². The molecule has 2 aliphatic heterocycles. The molecule has 5 heterocycles. The van der Waals surface area contributed by atoms with E-state index in [2.05, 4.69) is 41.9 Å². The number of carbonyl (C=O) groups excluding carboxylic acids is 2. The minimum Gasteiger partial charge on any atom is -0.366 e. The van der Waals surface area contributed by atoms with E-state index in [9.17, 15) is 14.9 Å². The summed E-state index contributed by atoms with van der Waals surface area (Å²) in [6.07, 6.45) is 6.96. The Morgan fingerprint density at radius 2 is 1.91 bits per heavy atom. The van der Waals surface area contributed by atoms with E-state index >= 15 is 0 Å². The maximum atomic E-state index is 12.0. The fourth-order valence-corrected chi connectivity index (χ4v) is 4.31. The number of piperazine rings is 1. The van der Waals surface area contributed by atoms with Crippen LogP contribution in [0.1, 0.15) is 24.0 Å². The molecule has 0 spiro atoms. The Hall–Kier alpha value is -4.66. The van der Waals surface area contributed by atoms with Gasteiger partial charge in [-0.2, -0.15) is 14.9 Å². The van der Waals surface area contributed by atoms with Crippen molar-refractivity contribution in [2.75, 3.05) is 41.3 Å². The first-order chi connectivity index (χ1) is 17.1. The maximum absolute atomic E-state index is 12.0. The largest absolute Gasteiger partial charge is 0.366 e. The summed E-state index contributed by atoms with van der Waals surface area (Å²) in [7, 11) is 0. The summed E-state index contributed by atoms with van der Waals surface area (Å²) in [6.45, 7) is 2.81. The number of anilines is 3. The van der Waals surface area contributed by atoms with E-state index in [1.807, 2.05) is 18.2 Å². The van der Waals surface area contributed by atoms with Crippen molar-refractivity contribution in [2.45, 2.75) is 18.9 Å². The predicted octanol–water partition coefficient (Wildman–Crippen LogP) is 1.08. The van der Waals surface area contributed by atoms with E-state index in [4.69, 9.17) is 4.98 Å². The summed E-state index contributed by atoms with van der Waals surface area (Å²) in [6, 6.07) is 7.90. The molecule has 0 radical (unpaired) electrons. The summed E-state index contributed by atoms with van der Waals surface area (Å²) in [4.78, 5) is 37.2. The maximum Gasteiger partial charge on any atom is 0.326 e. The average molecular weight is 470 g/mol. The number of pyridine rings is 1. The topological polar surface area (TPSA) is 144 Å². The molecule has 3 aromatic rings. The number of urea groups is 1. The van der Waals surface area contributed by atoms with Crippen molar-refractivity contribution in [1.29, 1.82) is 5.26 Å². The van der Waals surface area contributed by atoms with Gasteiger partial charge in [0.2, 0.25) is 0 Å². The summed E-state index contributed by atoms with van der Waals surface area (Å²) < 4.78 is 1.60. The van der Waals surface area contributed by atoms with Crippen LogP contribution in [0.2, 0.25) is 0 Å². The Balaban J connectivity index is 1.39. The first-order valence-corrected chi connectivity index (χ1v) is 11.4. The molecule has 1 saturated carbocycles. The zero-order chi connectivity index (χ0) is 23.9. The number of aromatic nitrogens is 4. The summed E-state index contributed by atoms with van der Waals surface area (Å²) in [5.74, 6) is 1.58. The molecule has 12 nitrogen and oxygen atoms in total. The third-order valence-corrected chi connectivity index (χ3v) is 6.26. The van der Waals surface area contributed by atoms with Gasteiger partial charge in [-0.3, -0.25) is 10.1 Å². The van der Waals surface area contributed by atoms with Crippen LogP contribution in [0.25, 0.3) is 11.7 Å². The zero-order valence-electron chi connectivity index (χ0n) is 18.7. The smallest absolute Gasteiger partial charge is 0.326 e. The van der Waals surface area contributed by atoms with Crippen molar-refractivity contribution < 1.29 is 9.59 Å². The Morgan fingerprint density at radius 3 is 2.57 bits per heavy atom. The summed E-state index contributed by atoms with van der Waals surface area (Å²) in [5.41, 5.74) is 1.62. The second-order valence-corrected chi connectivity index (χ2v) is 8.65. The molecule has 1 aliphatic carbocycles. The van der Waals surface area contributed by atoms with Gasteiger partial charge in [0.05, 0.1) is 6.20 Å². The van der Waals surface area contributed by atoms with Gasteiger partial charge >= 0.3 is 6.03 Å². The fraction of sp³-hybridized carbons (Fsp3) is 0.304. The lowest BCUT2D eigenvalue weighted by molar-refractivity contribution is -0.115. The SMILES string of the molecule is N#Cc1c(N2CCN(c3ccccn3)CC2)nc2c(/C=C3\NC(=O)NC3=O)cnn2c1NC1CC1. The molecule has 3 fully saturated rings. The van der Waals surface area contributed by atoms with Crippen LogP contribution in [0.15, 0.2) is 36.3 Å². The van der Waals surface area contributed by atoms with Crippen LogP contribution in [0.3, 0.4) is 0 Å². The van der Waals surface area contributed by atoms with E-state index in [-0.39, 0.29) is 11.7 Å². The minimum absolute atomic E-state index is 0.123. The van der Waals surface area contributed by atoms with E-state index in [1.165, 1.54) is 0 Å². The standard InChI is InChI=1S/C23H22N10O2/c24-12-16-20(32-9-7-31(8-10-32)18-3-1-2-6-25-18)29-19-14(11-17-22(34)30-23(35)28-17)13-26-33(19)21(16)27-15-4-5-15/h1-3,6,11,13,15,27H,4-5,7-10H2,(H2,28,30,34,35)/b17-11-. The monoisotopic (exact) mass is 470 g/mol. The Morgan fingerprint density at radius 1 is 1.11 bits per heavy atom. The van der Waals surface area contributed by atoms with Crippen molar-refractivity contribution in [1.82, 2.24) is 30.2 Å². The number of nitrogens with one attached hydrogen (secondary N) is 3. The van der Waals surface area contributed by atoms with E-state index in [1.54, 1.807) is 23.0 Å². The fourth-order valence-electron chi connectivity index (χ4n) is 4.31. The van der Waals surface area contributed by atoms with E-state index < -0.39 is 11.9 Å². The van der Waals surface area contributed by atoms with Crippen LogP contribution in [-0.4, -0.2) is 63.7 Å². The van der Waals surface area contributed by atoms with Crippen LogP contribution >= 0.6 is 0 Å². The summed E-state index contributed by atoms with van der Waals surface area (Å²) in [5, 5.41) is 22.7. The van der Waals surface area contributed by atoms with E-state index in [0.29, 0.717) is 41.5 Å². The number of hydrogen-bond acceptors (Lipinski definition) is 9. The predicted molar refractivity (Wildman–Crippen MR) is 128 cm³/mol. The van der Waals surface area contributed by atoms with Crippen molar-refractivity contribution >= 4 is 41.1 Å². The highest BCUT2D eigenvalue weighted by Gasteiger charge is 2.30. The zero-order valence-corrected chi connectivity index (χ0v) is 18.7. The third-order valence-electron chi connectivity index (χ3n) is 6.26. The first kappa shape index (κ1) is 20.9. The Kier molecular flexibility index (Phi) is 4.95. The molecule has 0 aromatic carbocycles. The molecule has 0 unspecified atom stereocenters. The van der Waals surface area contributed by atoms with Crippen LogP contribution in [-0.2, 0) is 4.79 Å². The second kappa shape index (κ2) is 8.28. The molecule has 3 amide bonds.